The molecule has 1 aliphatic rings. The maximum atomic E-state index is 12.9. The Morgan fingerprint density at radius 1 is 1.19 bits per heavy atom. The van der Waals surface area contributed by atoms with Crippen molar-refractivity contribution in [3.8, 4) is 11.1 Å². The Hall–Kier alpha value is -2.72. The van der Waals surface area contributed by atoms with Crippen molar-refractivity contribution < 1.29 is 17.9 Å². The molecule has 3 aromatic rings. The minimum Gasteiger partial charge on any atom is -0.383 e. The molecule has 0 bridgehead atoms. The van der Waals surface area contributed by atoms with Gasteiger partial charge in [-0.25, -0.2) is 12.7 Å². The number of piperidine rings is 1. The first-order valence-corrected chi connectivity index (χ1v) is 14.6. The van der Waals surface area contributed by atoms with Gasteiger partial charge in [-0.15, -0.1) is 0 Å². The van der Waals surface area contributed by atoms with Gasteiger partial charge in [0.1, 0.15) is 0 Å². The monoisotopic (exact) mass is 526 g/mol. The van der Waals surface area contributed by atoms with Crippen LogP contribution >= 0.6 is 0 Å². The zero-order valence-corrected chi connectivity index (χ0v) is 22.5. The van der Waals surface area contributed by atoms with Crippen LogP contribution in [0.1, 0.15) is 43.2 Å². The van der Waals surface area contributed by atoms with Crippen LogP contribution in [0.3, 0.4) is 0 Å². The standard InChI is InChI=1S/C28H38N4O4S/c1-20(19-36-2)30-11-6-14-37(34,35)32-12-9-22(10-13-32)26-18-31-28-24(17-27(29)33)15-23(16-25(26)28)21-7-4-3-5-8-21/h3-5,7-8,15-16,18,20,22,30-31H,6,9-14,17,19H2,1-2H3,(H2,29,33). The largest absolute Gasteiger partial charge is 0.383 e. The molecule has 1 unspecified atom stereocenters. The quantitative estimate of drug-likeness (QED) is 0.313. The fourth-order valence-electron chi connectivity index (χ4n) is 5.28. The average Bonchev–Trinajstić information content (AvgIpc) is 3.31. The molecule has 1 saturated heterocycles. The van der Waals surface area contributed by atoms with Crippen molar-refractivity contribution in [3.05, 3.63) is 59.8 Å². The van der Waals surface area contributed by atoms with Crippen molar-refractivity contribution in [2.45, 2.75) is 44.6 Å². The molecule has 8 nitrogen and oxygen atoms in total. The summed E-state index contributed by atoms with van der Waals surface area (Å²) in [7, 11) is -1.63. The van der Waals surface area contributed by atoms with Crippen LogP contribution in [0.15, 0.2) is 48.7 Å². The van der Waals surface area contributed by atoms with E-state index in [1.54, 1.807) is 11.4 Å². The molecule has 1 aliphatic heterocycles. The number of benzene rings is 2. The summed E-state index contributed by atoms with van der Waals surface area (Å²) in [5, 5.41) is 4.37. The van der Waals surface area contributed by atoms with Crippen LogP contribution in [0.5, 0.6) is 0 Å². The Labute approximate surface area is 219 Å². The van der Waals surface area contributed by atoms with Crippen LogP contribution in [0, 0.1) is 0 Å². The maximum Gasteiger partial charge on any atom is 0.221 e. The lowest BCUT2D eigenvalue weighted by molar-refractivity contribution is -0.117. The average molecular weight is 527 g/mol. The minimum absolute atomic E-state index is 0.147. The number of amides is 1. The van der Waals surface area contributed by atoms with Gasteiger partial charge in [-0.3, -0.25) is 4.79 Å². The number of hydrogen-bond acceptors (Lipinski definition) is 5. The van der Waals surface area contributed by atoms with E-state index in [-0.39, 0.29) is 30.0 Å². The molecule has 2 heterocycles. The molecular weight excluding hydrogens is 488 g/mol. The van der Waals surface area contributed by atoms with Crippen molar-refractivity contribution >= 4 is 26.8 Å². The summed E-state index contributed by atoms with van der Waals surface area (Å²) in [5.41, 5.74) is 10.7. The number of aromatic amines is 1. The lowest BCUT2D eigenvalue weighted by atomic mass is 9.88. The highest BCUT2D eigenvalue weighted by Crippen LogP contribution is 2.37. The van der Waals surface area contributed by atoms with E-state index in [0.29, 0.717) is 32.7 Å². The third-order valence-corrected chi connectivity index (χ3v) is 9.11. The summed E-state index contributed by atoms with van der Waals surface area (Å²) in [6, 6.07) is 14.5. The van der Waals surface area contributed by atoms with Crippen LogP contribution in [-0.2, 0) is 26.0 Å². The summed E-state index contributed by atoms with van der Waals surface area (Å²) in [5.74, 6) is 0.0164. The van der Waals surface area contributed by atoms with E-state index in [4.69, 9.17) is 10.5 Å². The number of nitrogens with one attached hydrogen (secondary N) is 2. The topological polar surface area (TPSA) is 118 Å². The highest BCUT2D eigenvalue weighted by molar-refractivity contribution is 7.89. The molecule has 200 valence electrons. The zero-order chi connectivity index (χ0) is 26.4. The number of hydrogen-bond donors (Lipinski definition) is 3. The van der Waals surface area contributed by atoms with Gasteiger partial charge < -0.3 is 20.8 Å². The Kier molecular flexibility index (Phi) is 9.02. The number of ether oxygens (including phenoxy) is 1. The molecule has 0 aliphatic carbocycles. The lowest BCUT2D eigenvalue weighted by Gasteiger charge is -2.31. The fraction of sp³-hybridized carbons (Fsp3) is 0.464. The number of nitrogens with zero attached hydrogens (tertiary/aromatic N) is 1. The Morgan fingerprint density at radius 2 is 1.92 bits per heavy atom. The van der Waals surface area contributed by atoms with Gasteiger partial charge in [-0.1, -0.05) is 30.3 Å². The van der Waals surface area contributed by atoms with Crippen LogP contribution in [0.4, 0.5) is 0 Å². The van der Waals surface area contributed by atoms with Crippen molar-refractivity contribution in [1.29, 1.82) is 0 Å². The molecule has 37 heavy (non-hydrogen) atoms. The van der Waals surface area contributed by atoms with Crippen molar-refractivity contribution in [3.63, 3.8) is 0 Å². The van der Waals surface area contributed by atoms with Gasteiger partial charge in [0, 0.05) is 43.3 Å². The molecule has 1 amide bonds. The summed E-state index contributed by atoms with van der Waals surface area (Å²) >= 11 is 0. The molecule has 4 N–H and O–H groups in total. The molecule has 1 fully saturated rings. The Bertz CT molecular complexity index is 1300. The van der Waals surface area contributed by atoms with Gasteiger partial charge in [0.2, 0.25) is 15.9 Å². The lowest BCUT2D eigenvalue weighted by Crippen LogP contribution is -2.40. The first-order chi connectivity index (χ1) is 17.8. The van der Waals surface area contributed by atoms with E-state index in [1.165, 1.54) is 5.56 Å². The smallest absolute Gasteiger partial charge is 0.221 e. The van der Waals surface area contributed by atoms with Crippen LogP contribution in [-0.4, -0.2) is 68.8 Å². The Morgan fingerprint density at radius 3 is 2.59 bits per heavy atom. The van der Waals surface area contributed by atoms with E-state index >= 15 is 0 Å². The van der Waals surface area contributed by atoms with Gasteiger partial charge in [0.25, 0.3) is 0 Å². The van der Waals surface area contributed by atoms with Gasteiger partial charge in [0.05, 0.1) is 18.8 Å². The minimum atomic E-state index is -3.29. The molecule has 0 spiro atoms. The number of rotatable bonds is 12. The number of H-pyrrole nitrogens is 1. The summed E-state index contributed by atoms with van der Waals surface area (Å²) < 4.78 is 32.6. The zero-order valence-electron chi connectivity index (χ0n) is 21.7. The fourth-order valence-corrected chi connectivity index (χ4v) is 6.81. The third kappa shape index (κ3) is 6.78. The van der Waals surface area contributed by atoms with Gasteiger partial charge in [-0.05, 0) is 73.0 Å². The number of carbonyl (C=O) groups is 1. The van der Waals surface area contributed by atoms with Gasteiger partial charge >= 0.3 is 0 Å². The first kappa shape index (κ1) is 27.3. The molecule has 2 aromatic carbocycles. The summed E-state index contributed by atoms with van der Waals surface area (Å²) in [6.45, 7) is 4.30. The van der Waals surface area contributed by atoms with Crippen LogP contribution in [0.2, 0.25) is 0 Å². The van der Waals surface area contributed by atoms with E-state index in [2.05, 4.69) is 28.5 Å². The highest BCUT2D eigenvalue weighted by Gasteiger charge is 2.29. The molecule has 1 aromatic heterocycles. The van der Waals surface area contributed by atoms with E-state index in [9.17, 15) is 13.2 Å². The summed E-state index contributed by atoms with van der Waals surface area (Å²) in [4.78, 5) is 15.2. The first-order valence-electron chi connectivity index (χ1n) is 13.0. The Balaban J connectivity index is 1.47. The highest BCUT2D eigenvalue weighted by atomic mass is 32.2. The van der Waals surface area contributed by atoms with E-state index < -0.39 is 10.0 Å². The van der Waals surface area contributed by atoms with Crippen LogP contribution in [0.25, 0.3) is 22.0 Å². The molecule has 0 saturated carbocycles. The second kappa shape index (κ2) is 12.2. The second-order valence-corrected chi connectivity index (χ2v) is 12.1. The summed E-state index contributed by atoms with van der Waals surface area (Å²) in [6.07, 6.45) is 4.27. The van der Waals surface area contributed by atoms with Gasteiger partial charge in [0.15, 0.2) is 0 Å². The molecule has 4 rings (SSSR count). The number of primary amides is 1. The predicted molar refractivity (Wildman–Crippen MR) is 148 cm³/mol. The third-order valence-electron chi connectivity index (χ3n) is 7.15. The van der Waals surface area contributed by atoms with Crippen molar-refractivity contribution in [2.24, 2.45) is 5.73 Å². The number of aromatic nitrogens is 1. The van der Waals surface area contributed by atoms with Crippen molar-refractivity contribution in [2.75, 3.05) is 39.1 Å². The normalized spacial score (nSPS) is 16.3. The number of methoxy groups -OCH3 is 1. The van der Waals surface area contributed by atoms with E-state index in [1.807, 2.05) is 37.4 Å². The maximum absolute atomic E-state index is 12.9. The molecule has 0 radical (unpaired) electrons. The number of sulfonamides is 1. The van der Waals surface area contributed by atoms with E-state index in [0.717, 1.165) is 40.4 Å². The van der Waals surface area contributed by atoms with Crippen molar-refractivity contribution in [1.82, 2.24) is 14.6 Å². The number of nitrogens with two attached hydrogens (primary N) is 1. The number of carbonyl (C=O) groups excluding carboxylic acids is 1. The SMILES string of the molecule is COCC(C)NCCCS(=O)(=O)N1CCC(c2c[nH]c3c(CC(N)=O)cc(-c4ccccc4)cc23)CC1. The predicted octanol–water partition coefficient (Wildman–Crippen LogP) is 3.39. The van der Waals surface area contributed by atoms with Crippen LogP contribution < -0.4 is 11.1 Å². The molecule has 1 atom stereocenters. The van der Waals surface area contributed by atoms with Gasteiger partial charge in [-0.2, -0.15) is 0 Å². The molecular formula is C28H38N4O4S. The number of fused-ring (bicyclic) bond motifs is 1. The molecule has 9 heteroatoms. The second-order valence-electron chi connectivity index (χ2n) is 9.96.